The number of anilines is 5. The molecular weight excluding hydrogens is 935 g/mol. The van der Waals surface area contributed by atoms with Crippen LogP contribution in [0.1, 0.15) is 34.6 Å². The normalized spacial score (nSPS) is 14.9. The van der Waals surface area contributed by atoms with Crippen LogP contribution in [0.3, 0.4) is 0 Å². The number of aryl methyl sites for hydroxylation is 2. The SMILES string of the molecule is CN1c2nc(Cl)ncc2OCC1c1ccc(F)cc1Cl.Cc1cn(-c2ccc(N)cc2F)cn1.Cc1cn(-c2ccc(Nc3ncc4c(n3)N(C)C(c3ccc(F)cc3Cl)CO4)cc2F)cn1. The summed E-state index contributed by atoms with van der Waals surface area (Å²) < 4.78 is 69.4. The van der Waals surface area contributed by atoms with Crippen LogP contribution in [0.5, 0.6) is 11.5 Å². The third kappa shape index (κ3) is 10.5. The Morgan fingerprint density at radius 3 is 1.63 bits per heavy atom. The van der Waals surface area contributed by atoms with Gasteiger partial charge >= 0.3 is 0 Å². The number of nitrogen functional groups attached to an aromatic ring is 1. The van der Waals surface area contributed by atoms with E-state index in [1.807, 2.05) is 37.7 Å². The van der Waals surface area contributed by atoms with Crippen molar-refractivity contribution in [2.75, 3.05) is 48.2 Å². The molecule has 4 aromatic heterocycles. The van der Waals surface area contributed by atoms with Gasteiger partial charge in [0, 0.05) is 47.9 Å². The summed E-state index contributed by atoms with van der Waals surface area (Å²) in [6.45, 7) is 4.38. The van der Waals surface area contributed by atoms with E-state index >= 15 is 0 Å². The third-order valence-corrected chi connectivity index (χ3v) is 11.5. The van der Waals surface area contributed by atoms with Crippen LogP contribution in [0, 0.1) is 37.1 Å². The molecule has 2 atom stereocenters. The van der Waals surface area contributed by atoms with Gasteiger partial charge in [-0.1, -0.05) is 35.3 Å². The highest BCUT2D eigenvalue weighted by Gasteiger charge is 2.31. The second kappa shape index (κ2) is 19.8. The Bertz CT molecular complexity index is 3090. The minimum absolute atomic E-state index is 0.144. The summed E-state index contributed by atoms with van der Waals surface area (Å²) in [7, 11) is 3.71. The van der Waals surface area contributed by atoms with Gasteiger partial charge in [-0.25, -0.2) is 37.5 Å². The number of aromatic nitrogens is 8. The number of ether oxygens (including phenoxy) is 2. The van der Waals surface area contributed by atoms with Crippen LogP contribution in [-0.2, 0) is 0 Å². The predicted molar refractivity (Wildman–Crippen MR) is 249 cm³/mol. The van der Waals surface area contributed by atoms with Crippen molar-refractivity contribution in [3.8, 4) is 22.9 Å². The lowest BCUT2D eigenvalue weighted by atomic mass is 10.1. The highest BCUT2D eigenvalue weighted by molar-refractivity contribution is 6.31. The van der Waals surface area contributed by atoms with Crippen molar-refractivity contribution in [1.29, 1.82) is 0 Å². The summed E-state index contributed by atoms with van der Waals surface area (Å²) in [6, 6.07) is 17.5. The fourth-order valence-corrected chi connectivity index (χ4v) is 7.95. The molecule has 0 fully saturated rings. The summed E-state index contributed by atoms with van der Waals surface area (Å²) in [6.07, 6.45) is 9.73. The first-order valence-corrected chi connectivity index (χ1v) is 21.4. The van der Waals surface area contributed by atoms with Gasteiger partial charge in [0.15, 0.2) is 23.1 Å². The van der Waals surface area contributed by atoms with Crippen LogP contribution >= 0.6 is 34.8 Å². The number of hydrogen-bond acceptors (Lipinski definition) is 12. The van der Waals surface area contributed by atoms with Gasteiger partial charge in [0.2, 0.25) is 11.2 Å². The Labute approximate surface area is 396 Å². The highest BCUT2D eigenvalue weighted by atomic mass is 35.5. The molecule has 14 nitrogen and oxygen atoms in total. The molecule has 0 radical (unpaired) electrons. The molecule has 2 aliphatic heterocycles. The topological polar surface area (TPSA) is 150 Å². The summed E-state index contributed by atoms with van der Waals surface area (Å²) in [4.78, 5) is 28.8. The second-order valence-corrected chi connectivity index (χ2v) is 16.4. The molecule has 10 rings (SSSR count). The van der Waals surface area contributed by atoms with Gasteiger partial charge in [-0.2, -0.15) is 9.97 Å². The molecular formula is C46H39Cl3F4N12O2. The maximum atomic E-state index is 14.7. The van der Waals surface area contributed by atoms with Crippen LogP contribution in [-0.4, -0.2) is 66.3 Å². The molecule has 2 aliphatic rings. The molecule has 0 saturated heterocycles. The number of nitrogens with two attached hydrogens (primary N) is 1. The van der Waals surface area contributed by atoms with E-state index in [1.165, 1.54) is 42.6 Å². The molecule has 3 N–H and O–H groups in total. The largest absolute Gasteiger partial charge is 0.486 e. The van der Waals surface area contributed by atoms with E-state index in [4.69, 9.17) is 50.0 Å². The Kier molecular flexibility index (Phi) is 13.7. The van der Waals surface area contributed by atoms with Gasteiger partial charge in [0.05, 0.1) is 59.9 Å². The van der Waals surface area contributed by atoms with Gasteiger partial charge < -0.3 is 39.5 Å². The van der Waals surface area contributed by atoms with Gasteiger partial charge in [-0.3, -0.25) is 0 Å². The third-order valence-electron chi connectivity index (χ3n) is 10.6. The predicted octanol–water partition coefficient (Wildman–Crippen LogP) is 10.6. The lowest BCUT2D eigenvalue weighted by Crippen LogP contribution is -2.34. The average Bonchev–Trinajstić information content (AvgIpc) is 3.93. The zero-order valence-electron chi connectivity index (χ0n) is 36.0. The molecule has 8 aromatic rings. The molecule has 6 heterocycles. The van der Waals surface area contributed by atoms with E-state index in [0.29, 0.717) is 69.1 Å². The lowest BCUT2D eigenvalue weighted by Gasteiger charge is -2.35. The van der Waals surface area contributed by atoms with Crippen molar-refractivity contribution < 1.29 is 27.0 Å². The van der Waals surface area contributed by atoms with Crippen LogP contribution in [0.4, 0.5) is 46.5 Å². The fourth-order valence-electron chi connectivity index (χ4n) is 7.23. The average molecular weight is 974 g/mol. The molecule has 67 heavy (non-hydrogen) atoms. The molecule has 4 aromatic carbocycles. The Hall–Kier alpha value is -7.15. The van der Waals surface area contributed by atoms with Crippen molar-refractivity contribution in [1.82, 2.24) is 39.0 Å². The number of nitrogens with one attached hydrogen (secondary N) is 1. The van der Waals surface area contributed by atoms with Crippen LogP contribution < -0.4 is 30.3 Å². The quantitative estimate of drug-likeness (QED) is 0.0927. The number of hydrogen-bond donors (Lipinski definition) is 2. The summed E-state index contributed by atoms with van der Waals surface area (Å²) >= 11 is 18.2. The number of nitrogens with zero attached hydrogens (tertiary/aromatic N) is 10. The Balaban J connectivity index is 0.000000151. The van der Waals surface area contributed by atoms with Gasteiger partial charge in [0.1, 0.15) is 36.5 Å². The Morgan fingerprint density at radius 1 is 0.627 bits per heavy atom. The van der Waals surface area contributed by atoms with Gasteiger partial charge in [-0.05, 0) is 97.2 Å². The molecule has 21 heteroatoms. The summed E-state index contributed by atoms with van der Waals surface area (Å²) in [5, 5.41) is 3.84. The van der Waals surface area contributed by atoms with Crippen molar-refractivity contribution in [2.45, 2.75) is 25.9 Å². The molecule has 2 unspecified atom stereocenters. The minimum atomic E-state index is -0.415. The number of imidazole rings is 2. The van der Waals surface area contributed by atoms with E-state index in [-0.39, 0.29) is 35.0 Å². The monoisotopic (exact) mass is 972 g/mol. The first-order valence-electron chi connectivity index (χ1n) is 20.3. The summed E-state index contributed by atoms with van der Waals surface area (Å²) in [5.41, 5.74) is 10.4. The molecule has 0 amide bonds. The highest BCUT2D eigenvalue weighted by Crippen LogP contribution is 2.40. The first-order chi connectivity index (χ1) is 32.1. The van der Waals surface area contributed by atoms with Crippen molar-refractivity contribution >= 4 is 63.8 Å². The van der Waals surface area contributed by atoms with Crippen LogP contribution in [0.15, 0.2) is 110 Å². The number of likely N-dealkylation sites (N-methyl/N-ethyl adjacent to an activating group) is 2. The van der Waals surface area contributed by atoms with Gasteiger partial charge in [-0.15, -0.1) is 0 Å². The molecule has 0 bridgehead atoms. The zero-order valence-corrected chi connectivity index (χ0v) is 38.2. The van der Waals surface area contributed by atoms with E-state index in [2.05, 4.69) is 35.2 Å². The van der Waals surface area contributed by atoms with Crippen molar-refractivity contribution in [2.24, 2.45) is 0 Å². The van der Waals surface area contributed by atoms with E-state index in [1.54, 1.807) is 76.8 Å². The van der Waals surface area contributed by atoms with Crippen LogP contribution in [0.2, 0.25) is 15.3 Å². The molecule has 0 spiro atoms. The Morgan fingerprint density at radius 2 is 1.13 bits per heavy atom. The standard InChI is InChI=1S/C23H19ClF2N6O.C13H10Cl2FN3O.C10H10FN3/c1-13-10-32(12-28-13)19-6-4-15(8-18(19)26)29-23-27-9-21-22(30-23)31(2)20(11-33-21)16-5-3-14(25)7-17(16)24;1-19-10(8-3-2-7(16)4-9(8)14)6-20-11-5-17-13(15)18-12(11)19;1-7-5-14(6-13-7)10-3-2-8(12)4-9(10)11/h3-10,12,20H,11H2,1-2H3,(H,27,29,30);2-5,10H,6H2,1H3;2-6H,12H2,1H3. The second-order valence-electron chi connectivity index (χ2n) is 15.3. The maximum Gasteiger partial charge on any atom is 0.229 e. The lowest BCUT2D eigenvalue weighted by molar-refractivity contribution is 0.265. The molecule has 0 saturated carbocycles. The van der Waals surface area contributed by atoms with E-state index in [0.717, 1.165) is 22.5 Å². The molecule has 0 aliphatic carbocycles. The van der Waals surface area contributed by atoms with E-state index in [9.17, 15) is 17.6 Å². The van der Waals surface area contributed by atoms with E-state index < -0.39 is 11.6 Å². The van der Waals surface area contributed by atoms with Crippen LogP contribution in [0.25, 0.3) is 11.4 Å². The fraction of sp³-hybridized carbons (Fsp3) is 0.174. The number of benzene rings is 4. The summed E-state index contributed by atoms with van der Waals surface area (Å²) in [5.74, 6) is 0.935. The maximum absolute atomic E-state index is 14.7. The zero-order chi connectivity index (χ0) is 47.5. The van der Waals surface area contributed by atoms with Crippen molar-refractivity contribution in [3.05, 3.63) is 171 Å². The van der Waals surface area contributed by atoms with Gasteiger partial charge in [0.25, 0.3) is 0 Å². The minimum Gasteiger partial charge on any atom is -0.486 e. The number of rotatable bonds is 6. The van der Waals surface area contributed by atoms with Crippen molar-refractivity contribution in [3.63, 3.8) is 0 Å². The molecule has 344 valence electrons. The number of fused-ring (bicyclic) bond motifs is 2. The first kappa shape index (κ1) is 46.4. The smallest absolute Gasteiger partial charge is 0.229 e. The number of halogens is 7.